The van der Waals surface area contributed by atoms with Crippen LogP contribution in [0.3, 0.4) is 0 Å². The summed E-state index contributed by atoms with van der Waals surface area (Å²) in [5.74, 6) is 0.817. The molecule has 0 spiro atoms. The summed E-state index contributed by atoms with van der Waals surface area (Å²) in [5.41, 5.74) is 5.10. The Bertz CT molecular complexity index is 1570. The Balaban J connectivity index is 1.51. The molecule has 4 aromatic carbocycles. The van der Waals surface area contributed by atoms with Crippen LogP contribution in [-0.4, -0.2) is 27.8 Å². The van der Waals surface area contributed by atoms with E-state index >= 15 is 0 Å². The van der Waals surface area contributed by atoms with Gasteiger partial charge in [0.15, 0.2) is 0 Å². The van der Waals surface area contributed by atoms with E-state index in [9.17, 15) is 17.6 Å². The topological polar surface area (TPSA) is 84.9 Å². The maximum atomic E-state index is 13.6. The van der Waals surface area contributed by atoms with E-state index in [2.05, 4.69) is 9.62 Å². The number of methoxy groups -OCH3 is 1. The summed E-state index contributed by atoms with van der Waals surface area (Å²) in [5, 5.41) is 0. The third kappa shape index (κ3) is 8.81. The maximum Gasteiger partial charge on any atom is 0.305 e. The molecule has 1 N–H and O–H groups in total. The molecule has 0 bridgehead atoms. The lowest BCUT2D eigenvalue weighted by Crippen LogP contribution is -2.23. The summed E-state index contributed by atoms with van der Waals surface area (Å²) >= 11 is 0. The number of ether oxygens (including phenoxy) is 2. The van der Waals surface area contributed by atoms with E-state index < -0.39 is 10.0 Å². The van der Waals surface area contributed by atoms with Gasteiger partial charge in [0.25, 0.3) is 0 Å². The molecule has 4 aromatic rings. The van der Waals surface area contributed by atoms with Crippen molar-refractivity contribution < 1.29 is 27.1 Å². The number of esters is 1. The van der Waals surface area contributed by atoms with Crippen molar-refractivity contribution in [3.8, 4) is 11.5 Å². The third-order valence-electron chi connectivity index (χ3n) is 6.53. The SMILES string of the molecule is COC(=O)CCc1ccc(Oc2ccc(CN(Cc3ccc(F)cc3)c3cccc(NS(C)(=O)=O)c3C)cc2)cc1. The standard InChI is InChI=1S/C32H33FN2O5S/c1-23-30(34-41(3,37)38)5-4-6-31(23)35(21-25-7-14-27(33)15-8-25)22-26-11-18-29(19-12-26)40-28-16-9-24(10-17-28)13-20-32(36)39-2/h4-12,14-19,34H,13,20-22H2,1-3H3. The second-order valence-corrected chi connectivity index (χ2v) is 11.5. The minimum Gasteiger partial charge on any atom is -0.469 e. The molecule has 0 saturated carbocycles. The predicted molar refractivity (Wildman–Crippen MR) is 159 cm³/mol. The molecule has 0 unspecified atom stereocenters. The molecule has 9 heteroatoms. The number of halogens is 1. The van der Waals surface area contributed by atoms with E-state index in [1.807, 2.05) is 67.6 Å². The number of sulfonamides is 1. The lowest BCUT2D eigenvalue weighted by molar-refractivity contribution is -0.140. The number of hydrogen-bond acceptors (Lipinski definition) is 6. The summed E-state index contributed by atoms with van der Waals surface area (Å²) in [6, 6.07) is 27.2. The first-order valence-corrected chi connectivity index (χ1v) is 15.0. The van der Waals surface area contributed by atoms with Gasteiger partial charge in [0, 0.05) is 25.2 Å². The third-order valence-corrected chi connectivity index (χ3v) is 7.12. The van der Waals surface area contributed by atoms with Gasteiger partial charge in [-0.25, -0.2) is 12.8 Å². The highest BCUT2D eigenvalue weighted by Crippen LogP contribution is 2.31. The Morgan fingerprint density at radius 3 is 1.90 bits per heavy atom. The summed E-state index contributed by atoms with van der Waals surface area (Å²) in [6.45, 7) is 2.89. The average Bonchev–Trinajstić information content (AvgIpc) is 2.95. The van der Waals surface area contributed by atoms with E-state index in [0.29, 0.717) is 43.1 Å². The van der Waals surface area contributed by atoms with Crippen LogP contribution in [0.15, 0.2) is 91.0 Å². The Hall–Kier alpha value is -4.37. The van der Waals surface area contributed by atoms with Gasteiger partial charge in [-0.05, 0) is 84.1 Å². The van der Waals surface area contributed by atoms with Crippen molar-refractivity contribution in [3.63, 3.8) is 0 Å². The van der Waals surface area contributed by atoms with Crippen LogP contribution in [0, 0.1) is 12.7 Å². The van der Waals surface area contributed by atoms with Crippen LogP contribution in [0.2, 0.25) is 0 Å². The van der Waals surface area contributed by atoms with E-state index in [0.717, 1.165) is 34.2 Å². The second kappa shape index (κ2) is 13.3. The Kier molecular flexibility index (Phi) is 9.62. The van der Waals surface area contributed by atoms with Gasteiger partial charge in [-0.2, -0.15) is 0 Å². The molecule has 7 nitrogen and oxygen atoms in total. The van der Waals surface area contributed by atoms with Gasteiger partial charge in [0.2, 0.25) is 10.0 Å². The Morgan fingerprint density at radius 2 is 1.37 bits per heavy atom. The van der Waals surface area contributed by atoms with Crippen LogP contribution in [0.5, 0.6) is 11.5 Å². The van der Waals surface area contributed by atoms with Gasteiger partial charge in [0.05, 0.1) is 19.1 Å². The molecule has 0 atom stereocenters. The van der Waals surface area contributed by atoms with Crippen molar-refractivity contribution >= 4 is 27.4 Å². The minimum absolute atomic E-state index is 0.241. The van der Waals surface area contributed by atoms with E-state index in [4.69, 9.17) is 9.47 Å². The number of nitrogens with zero attached hydrogens (tertiary/aromatic N) is 1. The molecule has 41 heavy (non-hydrogen) atoms. The van der Waals surface area contributed by atoms with Crippen LogP contribution in [0.1, 0.15) is 28.7 Å². The first-order valence-electron chi connectivity index (χ1n) is 13.1. The second-order valence-electron chi connectivity index (χ2n) is 9.77. The van der Waals surface area contributed by atoms with Gasteiger partial charge in [-0.15, -0.1) is 0 Å². The lowest BCUT2D eigenvalue weighted by Gasteiger charge is -2.28. The van der Waals surface area contributed by atoms with Crippen LogP contribution in [0.25, 0.3) is 0 Å². The first kappa shape index (κ1) is 29.6. The summed E-state index contributed by atoms with van der Waals surface area (Å²) in [4.78, 5) is 13.5. The van der Waals surface area contributed by atoms with Crippen molar-refractivity contribution in [2.24, 2.45) is 0 Å². The van der Waals surface area contributed by atoms with E-state index in [1.165, 1.54) is 19.2 Å². The van der Waals surface area contributed by atoms with Crippen LogP contribution in [0.4, 0.5) is 15.8 Å². The highest BCUT2D eigenvalue weighted by atomic mass is 32.2. The van der Waals surface area contributed by atoms with Crippen molar-refractivity contribution in [1.82, 2.24) is 0 Å². The van der Waals surface area contributed by atoms with Crippen molar-refractivity contribution in [2.45, 2.75) is 32.9 Å². The molecule has 214 valence electrons. The molecule has 0 aliphatic heterocycles. The van der Waals surface area contributed by atoms with Gasteiger partial charge >= 0.3 is 5.97 Å². The molecule has 4 rings (SSSR count). The zero-order chi connectivity index (χ0) is 29.4. The molecule has 0 heterocycles. The highest BCUT2D eigenvalue weighted by Gasteiger charge is 2.15. The van der Waals surface area contributed by atoms with Gasteiger partial charge < -0.3 is 14.4 Å². The number of rotatable bonds is 12. The lowest BCUT2D eigenvalue weighted by atomic mass is 10.1. The van der Waals surface area contributed by atoms with E-state index in [1.54, 1.807) is 18.2 Å². The molecule has 0 aliphatic carbocycles. The quantitative estimate of drug-likeness (QED) is 0.191. The number of carbonyl (C=O) groups excluding carboxylic acids is 1. The smallest absolute Gasteiger partial charge is 0.305 e. The van der Waals surface area contributed by atoms with E-state index in [-0.39, 0.29) is 11.8 Å². The summed E-state index contributed by atoms with van der Waals surface area (Å²) in [6.07, 6.45) is 2.05. The van der Waals surface area contributed by atoms with Gasteiger partial charge in [-0.3, -0.25) is 9.52 Å². The fraction of sp³-hybridized carbons (Fsp3) is 0.219. The molecule has 0 fully saturated rings. The molecule has 0 aliphatic rings. The number of hydrogen-bond donors (Lipinski definition) is 1. The normalized spacial score (nSPS) is 11.1. The molecule has 0 aromatic heterocycles. The molecule has 0 radical (unpaired) electrons. The first-order chi connectivity index (χ1) is 19.6. The number of carbonyl (C=O) groups is 1. The predicted octanol–water partition coefficient (Wildman–Crippen LogP) is 6.61. The fourth-order valence-corrected chi connectivity index (χ4v) is 5.03. The number of aryl methyl sites for hydroxylation is 1. The zero-order valence-corrected chi connectivity index (χ0v) is 24.1. The van der Waals surface area contributed by atoms with Crippen LogP contribution < -0.4 is 14.4 Å². The monoisotopic (exact) mass is 576 g/mol. The maximum absolute atomic E-state index is 13.6. The highest BCUT2D eigenvalue weighted by molar-refractivity contribution is 7.92. The molecule has 0 amide bonds. The molecular formula is C32H33FN2O5S. The molecule has 0 saturated heterocycles. The zero-order valence-electron chi connectivity index (χ0n) is 23.3. The average molecular weight is 577 g/mol. The number of nitrogens with one attached hydrogen (secondary N) is 1. The van der Waals surface area contributed by atoms with Crippen molar-refractivity contribution in [1.29, 1.82) is 0 Å². The summed E-state index contributed by atoms with van der Waals surface area (Å²) in [7, 11) is -2.07. The largest absolute Gasteiger partial charge is 0.469 e. The number of anilines is 2. The van der Waals surface area contributed by atoms with Crippen LogP contribution in [-0.2, 0) is 39.1 Å². The fourth-order valence-electron chi connectivity index (χ4n) is 4.40. The summed E-state index contributed by atoms with van der Waals surface area (Å²) < 4.78 is 50.6. The van der Waals surface area contributed by atoms with Crippen LogP contribution >= 0.6 is 0 Å². The van der Waals surface area contributed by atoms with Gasteiger partial charge in [0.1, 0.15) is 17.3 Å². The van der Waals surface area contributed by atoms with Crippen molar-refractivity contribution in [3.05, 3.63) is 119 Å². The van der Waals surface area contributed by atoms with Gasteiger partial charge in [-0.1, -0.05) is 42.5 Å². The number of benzene rings is 4. The minimum atomic E-state index is -3.45. The Labute approximate surface area is 240 Å². The van der Waals surface area contributed by atoms with Crippen molar-refractivity contribution in [2.75, 3.05) is 23.0 Å². The molecular weight excluding hydrogens is 543 g/mol. The Morgan fingerprint density at radius 1 is 0.829 bits per heavy atom.